The third-order valence-corrected chi connectivity index (χ3v) is 6.84. The zero-order valence-electron chi connectivity index (χ0n) is 16.4. The SMILES string of the molecule is O=C(COC(=O)c1cc(NS(=O)(=O)c2cccs2)ccc1O)Nc1ccc(C(F)(F)F)cc1. The Morgan fingerprint density at radius 1 is 1.03 bits per heavy atom. The number of esters is 1. The lowest BCUT2D eigenvalue weighted by molar-refractivity contribution is -0.137. The number of hydrogen-bond donors (Lipinski definition) is 3. The molecule has 33 heavy (non-hydrogen) atoms. The molecular formula is C20H15F3N2O6S2. The van der Waals surface area contributed by atoms with Gasteiger partial charge in [-0.1, -0.05) is 6.07 Å². The van der Waals surface area contributed by atoms with E-state index in [0.717, 1.165) is 47.7 Å². The number of hydrogen-bond acceptors (Lipinski definition) is 7. The summed E-state index contributed by atoms with van der Waals surface area (Å²) in [4.78, 5) is 24.2. The minimum absolute atomic E-state index is 0.0256. The fourth-order valence-electron chi connectivity index (χ4n) is 2.53. The molecule has 0 aliphatic carbocycles. The van der Waals surface area contributed by atoms with Crippen LogP contribution in [0, 0.1) is 0 Å². The average molecular weight is 500 g/mol. The lowest BCUT2D eigenvalue weighted by Crippen LogP contribution is -2.21. The minimum atomic E-state index is -4.52. The van der Waals surface area contributed by atoms with Gasteiger partial charge in [0.1, 0.15) is 15.5 Å². The maximum Gasteiger partial charge on any atom is 0.416 e. The second kappa shape index (κ2) is 9.50. The van der Waals surface area contributed by atoms with Crippen LogP contribution in [-0.4, -0.2) is 32.0 Å². The largest absolute Gasteiger partial charge is 0.507 e. The molecule has 0 aliphatic rings. The number of anilines is 2. The summed E-state index contributed by atoms with van der Waals surface area (Å²) in [6.45, 7) is -0.801. The zero-order valence-corrected chi connectivity index (χ0v) is 18.1. The Kier molecular flexibility index (Phi) is 6.93. The maximum atomic E-state index is 12.6. The summed E-state index contributed by atoms with van der Waals surface area (Å²) in [6.07, 6.45) is -4.52. The van der Waals surface area contributed by atoms with E-state index in [0.29, 0.717) is 0 Å². The lowest BCUT2D eigenvalue weighted by Gasteiger charge is -2.11. The normalized spacial score (nSPS) is 11.6. The van der Waals surface area contributed by atoms with Crippen LogP contribution in [0.5, 0.6) is 5.75 Å². The fourth-order valence-corrected chi connectivity index (χ4v) is 4.58. The standard InChI is InChI=1S/C20H15F3N2O6S2/c21-20(22,23)12-3-5-13(6-4-12)24-17(27)11-31-19(28)15-10-14(7-8-16(15)26)25-33(29,30)18-2-1-9-32-18/h1-10,25-26H,11H2,(H,24,27). The van der Waals surface area contributed by atoms with E-state index in [-0.39, 0.29) is 15.6 Å². The highest BCUT2D eigenvalue weighted by Gasteiger charge is 2.30. The third kappa shape index (κ3) is 6.23. The highest BCUT2D eigenvalue weighted by atomic mass is 32.2. The molecule has 0 spiro atoms. The Morgan fingerprint density at radius 2 is 1.70 bits per heavy atom. The Bertz CT molecular complexity index is 1260. The lowest BCUT2D eigenvalue weighted by atomic mass is 10.2. The first kappa shape index (κ1) is 24.1. The Labute approximate surface area is 189 Å². The number of alkyl halides is 3. The number of thiophene rings is 1. The summed E-state index contributed by atoms with van der Waals surface area (Å²) in [5.41, 5.74) is -1.26. The smallest absolute Gasteiger partial charge is 0.416 e. The number of ether oxygens (including phenoxy) is 1. The second-order valence-electron chi connectivity index (χ2n) is 6.47. The van der Waals surface area contributed by atoms with Gasteiger partial charge >= 0.3 is 12.1 Å². The molecule has 0 saturated heterocycles. The van der Waals surface area contributed by atoms with E-state index < -0.39 is 51.6 Å². The van der Waals surface area contributed by atoms with Gasteiger partial charge in [-0.25, -0.2) is 13.2 Å². The monoisotopic (exact) mass is 500 g/mol. The van der Waals surface area contributed by atoms with Crippen LogP contribution >= 0.6 is 11.3 Å². The minimum Gasteiger partial charge on any atom is -0.507 e. The van der Waals surface area contributed by atoms with Gasteiger partial charge in [0.15, 0.2) is 6.61 Å². The van der Waals surface area contributed by atoms with Crippen molar-refractivity contribution in [3.05, 3.63) is 71.1 Å². The van der Waals surface area contributed by atoms with Crippen molar-refractivity contribution in [3.8, 4) is 5.75 Å². The molecule has 1 amide bonds. The van der Waals surface area contributed by atoms with Crippen molar-refractivity contribution < 1.29 is 41.0 Å². The van der Waals surface area contributed by atoms with Gasteiger partial charge in [0, 0.05) is 11.4 Å². The number of phenolic OH excluding ortho intramolecular Hbond substituents is 1. The topological polar surface area (TPSA) is 122 Å². The van der Waals surface area contributed by atoms with E-state index in [1.165, 1.54) is 12.1 Å². The van der Waals surface area contributed by atoms with Gasteiger partial charge in [0.2, 0.25) is 0 Å². The van der Waals surface area contributed by atoms with Crippen molar-refractivity contribution >= 4 is 44.6 Å². The molecule has 1 aromatic heterocycles. The van der Waals surface area contributed by atoms with Crippen molar-refractivity contribution in [1.29, 1.82) is 0 Å². The van der Waals surface area contributed by atoms with Crippen molar-refractivity contribution in [2.45, 2.75) is 10.4 Å². The summed E-state index contributed by atoms with van der Waals surface area (Å²) in [5.74, 6) is -2.47. The highest BCUT2D eigenvalue weighted by molar-refractivity contribution is 7.94. The number of phenols is 1. The summed E-state index contributed by atoms with van der Waals surface area (Å²) in [7, 11) is -3.90. The molecule has 0 atom stereocenters. The van der Waals surface area contributed by atoms with Crippen LogP contribution in [0.25, 0.3) is 0 Å². The number of halogens is 3. The molecule has 0 fully saturated rings. The molecule has 174 valence electrons. The molecule has 3 N–H and O–H groups in total. The first-order valence-electron chi connectivity index (χ1n) is 8.99. The number of benzene rings is 2. The number of carbonyl (C=O) groups is 2. The molecule has 3 aromatic rings. The van der Waals surface area contributed by atoms with Gasteiger partial charge in [-0.05, 0) is 53.9 Å². The van der Waals surface area contributed by atoms with Crippen molar-refractivity contribution in [3.63, 3.8) is 0 Å². The average Bonchev–Trinajstić information content (AvgIpc) is 3.29. The molecule has 3 rings (SSSR count). The third-order valence-electron chi connectivity index (χ3n) is 4.06. The van der Waals surface area contributed by atoms with E-state index in [9.17, 15) is 36.3 Å². The number of sulfonamides is 1. The number of carbonyl (C=O) groups excluding carboxylic acids is 2. The maximum absolute atomic E-state index is 12.6. The van der Waals surface area contributed by atoms with E-state index in [2.05, 4.69) is 10.0 Å². The molecule has 0 bridgehead atoms. The number of nitrogens with one attached hydrogen (secondary N) is 2. The van der Waals surface area contributed by atoms with E-state index in [1.807, 2.05) is 0 Å². The predicted octanol–water partition coefficient (Wildman–Crippen LogP) is 4.07. The van der Waals surface area contributed by atoms with Gasteiger partial charge in [0.05, 0.1) is 5.56 Å². The van der Waals surface area contributed by atoms with Crippen LogP contribution < -0.4 is 10.0 Å². The number of amides is 1. The summed E-state index contributed by atoms with van der Waals surface area (Å²) < 4.78 is 69.4. The van der Waals surface area contributed by atoms with Crippen LogP contribution in [-0.2, 0) is 25.7 Å². The molecule has 1 heterocycles. The second-order valence-corrected chi connectivity index (χ2v) is 9.33. The summed E-state index contributed by atoms with van der Waals surface area (Å²) in [5, 5.41) is 13.7. The number of aromatic hydroxyl groups is 1. The van der Waals surface area contributed by atoms with Gasteiger partial charge < -0.3 is 15.2 Å². The molecule has 13 heteroatoms. The van der Waals surface area contributed by atoms with E-state index in [1.54, 1.807) is 11.4 Å². The van der Waals surface area contributed by atoms with Gasteiger partial charge in [-0.15, -0.1) is 11.3 Å². The first-order valence-corrected chi connectivity index (χ1v) is 11.4. The van der Waals surface area contributed by atoms with Crippen molar-refractivity contribution in [2.75, 3.05) is 16.6 Å². The predicted molar refractivity (Wildman–Crippen MR) is 114 cm³/mol. The summed E-state index contributed by atoms with van der Waals surface area (Å²) >= 11 is 0.985. The Hall–Kier alpha value is -3.58. The van der Waals surface area contributed by atoms with Crippen molar-refractivity contribution in [1.82, 2.24) is 0 Å². The number of rotatable bonds is 7. The highest BCUT2D eigenvalue weighted by Crippen LogP contribution is 2.30. The van der Waals surface area contributed by atoms with Crippen LogP contribution in [0.3, 0.4) is 0 Å². The Morgan fingerprint density at radius 3 is 2.30 bits per heavy atom. The fraction of sp³-hybridized carbons (Fsp3) is 0.100. The Balaban J connectivity index is 1.62. The molecule has 0 unspecified atom stereocenters. The van der Waals surface area contributed by atoms with E-state index in [4.69, 9.17) is 4.74 Å². The quantitative estimate of drug-likeness (QED) is 0.332. The summed E-state index contributed by atoms with van der Waals surface area (Å²) in [6, 6.07) is 9.92. The zero-order chi connectivity index (χ0) is 24.2. The van der Waals surface area contributed by atoms with Crippen LogP contribution in [0.4, 0.5) is 24.5 Å². The van der Waals surface area contributed by atoms with Crippen molar-refractivity contribution in [2.24, 2.45) is 0 Å². The van der Waals surface area contributed by atoms with Gasteiger partial charge in [-0.2, -0.15) is 13.2 Å². The molecule has 0 radical (unpaired) electrons. The molecule has 0 saturated carbocycles. The molecule has 8 nitrogen and oxygen atoms in total. The first-order chi connectivity index (χ1) is 15.5. The van der Waals surface area contributed by atoms with Gasteiger partial charge in [-0.3, -0.25) is 9.52 Å². The van der Waals surface area contributed by atoms with Crippen LogP contribution in [0.15, 0.2) is 64.2 Å². The molecule has 0 aliphatic heterocycles. The molecule has 2 aromatic carbocycles. The van der Waals surface area contributed by atoms with E-state index >= 15 is 0 Å². The van der Waals surface area contributed by atoms with Crippen LogP contribution in [0.1, 0.15) is 15.9 Å². The van der Waals surface area contributed by atoms with Crippen LogP contribution in [0.2, 0.25) is 0 Å². The molecular weight excluding hydrogens is 485 g/mol. The van der Waals surface area contributed by atoms with Gasteiger partial charge in [0.25, 0.3) is 15.9 Å².